The predicted molar refractivity (Wildman–Crippen MR) is 69.1 cm³/mol. The molecule has 0 aliphatic rings. The highest BCUT2D eigenvalue weighted by Gasteiger charge is 2.07. The van der Waals surface area contributed by atoms with E-state index in [1.165, 1.54) is 7.11 Å². The van der Waals surface area contributed by atoms with Crippen LogP contribution in [0.15, 0.2) is 10.6 Å². The average molecular weight is 264 g/mol. The molecule has 2 N–H and O–H groups in total. The Balaban J connectivity index is 2.08. The number of ether oxygens (including phenoxy) is 1. The van der Waals surface area contributed by atoms with Crippen LogP contribution in [0.2, 0.25) is 0 Å². The van der Waals surface area contributed by atoms with Crippen LogP contribution in [0.25, 0.3) is 0 Å². The van der Waals surface area contributed by atoms with Crippen LogP contribution in [0.1, 0.15) is 18.6 Å². The van der Waals surface area contributed by atoms with Gasteiger partial charge < -0.3 is 19.8 Å². The molecule has 8 heteroatoms. The van der Waals surface area contributed by atoms with Crippen molar-refractivity contribution in [2.24, 2.45) is 0 Å². The summed E-state index contributed by atoms with van der Waals surface area (Å²) in [6, 6.07) is 0.247. The van der Waals surface area contributed by atoms with Crippen LogP contribution in [0.5, 0.6) is 6.01 Å². The fourth-order valence-corrected chi connectivity index (χ4v) is 1.40. The largest absolute Gasteiger partial charge is 0.467 e. The summed E-state index contributed by atoms with van der Waals surface area (Å²) in [7, 11) is 1.51. The molecule has 0 fully saturated rings. The van der Waals surface area contributed by atoms with Gasteiger partial charge in [-0.05, 0) is 13.8 Å². The third kappa shape index (κ3) is 3.54. The van der Waals surface area contributed by atoms with Crippen molar-refractivity contribution in [1.29, 1.82) is 0 Å². The maximum atomic E-state index is 5.35. The minimum Gasteiger partial charge on any atom is -0.467 e. The van der Waals surface area contributed by atoms with Gasteiger partial charge in [-0.25, -0.2) is 4.98 Å². The van der Waals surface area contributed by atoms with Gasteiger partial charge in [-0.1, -0.05) is 0 Å². The number of anilines is 2. The molecule has 19 heavy (non-hydrogen) atoms. The monoisotopic (exact) mass is 264 g/mol. The molecule has 0 saturated heterocycles. The summed E-state index contributed by atoms with van der Waals surface area (Å²) in [4.78, 5) is 16.4. The van der Waals surface area contributed by atoms with Crippen LogP contribution < -0.4 is 15.4 Å². The molecule has 0 amide bonds. The molecule has 8 nitrogen and oxygen atoms in total. The number of rotatable bonds is 6. The van der Waals surface area contributed by atoms with E-state index in [0.717, 1.165) is 5.76 Å². The summed E-state index contributed by atoms with van der Waals surface area (Å²) in [5.41, 5.74) is 0. The van der Waals surface area contributed by atoms with Gasteiger partial charge in [-0.3, -0.25) is 0 Å². The second-order valence-corrected chi connectivity index (χ2v) is 3.72. The second-order valence-electron chi connectivity index (χ2n) is 3.72. The fourth-order valence-electron chi connectivity index (χ4n) is 1.40. The number of methoxy groups -OCH3 is 1. The van der Waals surface area contributed by atoms with Crippen molar-refractivity contribution in [3.05, 3.63) is 17.8 Å². The molecule has 2 aromatic heterocycles. The van der Waals surface area contributed by atoms with Crippen LogP contribution in [0.3, 0.4) is 0 Å². The number of nitrogens with zero attached hydrogens (tertiary/aromatic N) is 4. The van der Waals surface area contributed by atoms with Crippen molar-refractivity contribution < 1.29 is 9.15 Å². The van der Waals surface area contributed by atoms with Crippen LogP contribution in [0, 0.1) is 6.92 Å². The smallest absolute Gasteiger partial charge is 0.322 e. The molecule has 0 radical (unpaired) electrons. The first kappa shape index (κ1) is 13.1. The van der Waals surface area contributed by atoms with E-state index in [4.69, 9.17) is 9.15 Å². The zero-order valence-electron chi connectivity index (χ0n) is 11.1. The van der Waals surface area contributed by atoms with Crippen molar-refractivity contribution in [3.8, 4) is 6.01 Å². The number of aromatic nitrogens is 4. The molecule has 0 spiro atoms. The Labute approximate surface area is 110 Å². The van der Waals surface area contributed by atoms with Gasteiger partial charge in [0, 0.05) is 6.54 Å². The van der Waals surface area contributed by atoms with E-state index < -0.39 is 0 Å². The van der Waals surface area contributed by atoms with E-state index in [9.17, 15) is 0 Å². The van der Waals surface area contributed by atoms with Gasteiger partial charge in [0.25, 0.3) is 0 Å². The maximum absolute atomic E-state index is 5.35. The predicted octanol–water partition coefficient (Wildman–Crippen LogP) is 1.22. The van der Waals surface area contributed by atoms with Crippen LogP contribution in [-0.2, 0) is 6.54 Å². The lowest BCUT2D eigenvalue weighted by molar-refractivity contribution is 0.379. The molecule has 0 aromatic carbocycles. The highest BCUT2D eigenvalue weighted by atomic mass is 16.5. The maximum Gasteiger partial charge on any atom is 0.322 e. The summed E-state index contributed by atoms with van der Waals surface area (Å²) >= 11 is 0. The van der Waals surface area contributed by atoms with Crippen molar-refractivity contribution in [1.82, 2.24) is 19.9 Å². The normalized spacial score (nSPS) is 10.3. The molecule has 0 unspecified atom stereocenters. The number of aryl methyl sites for hydroxylation is 1. The molecule has 0 aliphatic carbocycles. The molecule has 0 bridgehead atoms. The Morgan fingerprint density at radius 2 is 1.95 bits per heavy atom. The van der Waals surface area contributed by atoms with E-state index in [1.54, 1.807) is 6.20 Å². The Hall–Kier alpha value is -2.38. The van der Waals surface area contributed by atoms with E-state index >= 15 is 0 Å². The van der Waals surface area contributed by atoms with Gasteiger partial charge in [-0.15, -0.1) is 0 Å². The van der Waals surface area contributed by atoms with E-state index in [1.807, 2.05) is 13.8 Å². The van der Waals surface area contributed by atoms with Crippen molar-refractivity contribution >= 4 is 11.9 Å². The number of hydrogen-bond acceptors (Lipinski definition) is 8. The zero-order chi connectivity index (χ0) is 13.7. The highest BCUT2D eigenvalue weighted by Crippen LogP contribution is 2.11. The summed E-state index contributed by atoms with van der Waals surface area (Å²) in [5, 5.41) is 6.01. The van der Waals surface area contributed by atoms with Crippen molar-refractivity contribution in [3.63, 3.8) is 0 Å². The number of nitrogens with one attached hydrogen (secondary N) is 2. The minimum absolute atomic E-state index is 0.247. The quantitative estimate of drug-likeness (QED) is 0.803. The van der Waals surface area contributed by atoms with E-state index in [2.05, 4.69) is 30.6 Å². The van der Waals surface area contributed by atoms with Crippen molar-refractivity contribution in [2.45, 2.75) is 20.4 Å². The van der Waals surface area contributed by atoms with Gasteiger partial charge in [0.2, 0.25) is 17.8 Å². The molecule has 0 aliphatic heterocycles. The third-order valence-electron chi connectivity index (χ3n) is 2.20. The molecule has 0 saturated carbocycles. The van der Waals surface area contributed by atoms with Crippen LogP contribution >= 0.6 is 0 Å². The molecular formula is C11H16N6O2. The second kappa shape index (κ2) is 5.98. The summed E-state index contributed by atoms with van der Waals surface area (Å²) in [6.07, 6.45) is 1.66. The Morgan fingerprint density at radius 1 is 1.21 bits per heavy atom. The van der Waals surface area contributed by atoms with Gasteiger partial charge in [0.1, 0.15) is 5.76 Å². The Bertz CT molecular complexity index is 542. The lowest BCUT2D eigenvalue weighted by Gasteiger charge is -2.07. The molecular weight excluding hydrogens is 248 g/mol. The van der Waals surface area contributed by atoms with E-state index in [0.29, 0.717) is 30.9 Å². The summed E-state index contributed by atoms with van der Waals surface area (Å²) in [5.74, 6) is 2.19. The SMILES string of the molecule is CCNc1nc(NCc2ncc(C)o2)nc(OC)n1. The first-order valence-corrected chi connectivity index (χ1v) is 5.90. The van der Waals surface area contributed by atoms with Gasteiger partial charge in [0.15, 0.2) is 0 Å². The Kier molecular flexibility index (Phi) is 4.11. The topological polar surface area (TPSA) is 98.0 Å². The fraction of sp³-hybridized carbons (Fsp3) is 0.455. The Morgan fingerprint density at radius 3 is 2.53 bits per heavy atom. The minimum atomic E-state index is 0.247. The van der Waals surface area contributed by atoms with Gasteiger partial charge >= 0.3 is 6.01 Å². The number of hydrogen-bond donors (Lipinski definition) is 2. The average Bonchev–Trinajstić information content (AvgIpc) is 2.82. The van der Waals surface area contributed by atoms with Crippen LogP contribution in [0.4, 0.5) is 11.9 Å². The molecule has 0 atom stereocenters. The lowest BCUT2D eigenvalue weighted by Crippen LogP contribution is -2.10. The van der Waals surface area contributed by atoms with Crippen molar-refractivity contribution in [2.75, 3.05) is 24.3 Å². The lowest BCUT2D eigenvalue weighted by atomic mass is 10.6. The summed E-state index contributed by atoms with van der Waals surface area (Å²) < 4.78 is 10.4. The third-order valence-corrected chi connectivity index (χ3v) is 2.20. The first-order valence-electron chi connectivity index (χ1n) is 5.90. The van der Waals surface area contributed by atoms with Crippen LogP contribution in [-0.4, -0.2) is 33.6 Å². The van der Waals surface area contributed by atoms with E-state index in [-0.39, 0.29) is 6.01 Å². The first-order chi connectivity index (χ1) is 9.21. The molecule has 102 valence electrons. The molecule has 2 aromatic rings. The summed E-state index contributed by atoms with van der Waals surface area (Å²) in [6.45, 7) is 4.91. The molecule has 2 rings (SSSR count). The zero-order valence-corrected chi connectivity index (χ0v) is 11.1. The standard InChI is InChI=1S/C11H16N6O2/c1-4-12-9-15-10(17-11(16-9)18-3)14-6-8-13-5-7(2)19-8/h5H,4,6H2,1-3H3,(H2,12,14,15,16,17). The molecule has 2 heterocycles. The van der Waals surface area contributed by atoms with Gasteiger partial charge in [-0.2, -0.15) is 15.0 Å². The van der Waals surface area contributed by atoms with Gasteiger partial charge in [0.05, 0.1) is 19.9 Å². The number of oxazole rings is 1. The highest BCUT2D eigenvalue weighted by molar-refractivity contribution is 5.35.